The zero-order chi connectivity index (χ0) is 16.8. The average Bonchev–Trinajstić information content (AvgIpc) is 2.50. The summed E-state index contributed by atoms with van der Waals surface area (Å²) in [6, 6.07) is 12.2. The quantitative estimate of drug-likeness (QED) is 0.778. The molecular formula is C17H16Cl2N2O2. The molecule has 0 radical (unpaired) electrons. The minimum atomic E-state index is -0.444. The molecule has 23 heavy (non-hydrogen) atoms. The van der Waals surface area contributed by atoms with Gasteiger partial charge in [-0.15, -0.1) is 0 Å². The summed E-state index contributed by atoms with van der Waals surface area (Å²) in [6.45, 7) is 2.00. The second kappa shape index (κ2) is 7.99. The van der Waals surface area contributed by atoms with Crippen LogP contribution in [0.25, 0.3) is 0 Å². The maximum absolute atomic E-state index is 12.0. The number of aryl methyl sites for hydroxylation is 1. The van der Waals surface area contributed by atoms with E-state index in [1.807, 2.05) is 31.2 Å². The summed E-state index contributed by atoms with van der Waals surface area (Å²) < 4.78 is 0. The molecule has 0 aromatic heterocycles. The van der Waals surface area contributed by atoms with Gasteiger partial charge in [0.25, 0.3) is 0 Å². The number of carbonyl (C=O) groups is 2. The molecule has 2 aromatic carbocycles. The summed E-state index contributed by atoms with van der Waals surface area (Å²) in [7, 11) is 0. The number of hydrogen-bond donors (Lipinski definition) is 2. The number of benzene rings is 2. The molecule has 0 spiro atoms. The largest absolute Gasteiger partial charge is 0.325 e. The van der Waals surface area contributed by atoms with E-state index >= 15 is 0 Å². The summed E-state index contributed by atoms with van der Waals surface area (Å²) in [5, 5.41) is 6.14. The van der Waals surface area contributed by atoms with Crippen LogP contribution in [0.2, 0.25) is 10.0 Å². The van der Waals surface area contributed by atoms with Gasteiger partial charge in [-0.3, -0.25) is 9.59 Å². The summed E-state index contributed by atoms with van der Waals surface area (Å²) in [4.78, 5) is 23.9. The predicted octanol–water partition coefficient (Wildman–Crippen LogP) is 4.52. The van der Waals surface area contributed by atoms with Crippen LogP contribution in [0.1, 0.15) is 18.9 Å². The van der Waals surface area contributed by atoms with E-state index in [-0.39, 0.29) is 12.3 Å². The van der Waals surface area contributed by atoms with Gasteiger partial charge < -0.3 is 10.6 Å². The Morgan fingerprint density at radius 1 is 0.957 bits per heavy atom. The van der Waals surface area contributed by atoms with Gasteiger partial charge in [0.1, 0.15) is 6.42 Å². The van der Waals surface area contributed by atoms with Crippen molar-refractivity contribution in [3.8, 4) is 0 Å². The highest BCUT2D eigenvalue weighted by molar-refractivity contribution is 6.36. The van der Waals surface area contributed by atoms with Crippen LogP contribution in [-0.4, -0.2) is 11.8 Å². The van der Waals surface area contributed by atoms with Gasteiger partial charge in [-0.05, 0) is 36.2 Å². The lowest BCUT2D eigenvalue weighted by Crippen LogP contribution is -2.22. The lowest BCUT2D eigenvalue weighted by molar-refractivity contribution is -0.123. The maximum atomic E-state index is 12.0. The summed E-state index contributed by atoms with van der Waals surface area (Å²) in [5.74, 6) is -0.825. The van der Waals surface area contributed by atoms with Crippen LogP contribution in [0.15, 0.2) is 42.5 Å². The number of halogens is 2. The van der Waals surface area contributed by atoms with E-state index in [0.717, 1.165) is 17.7 Å². The molecule has 0 aliphatic heterocycles. The number of carbonyl (C=O) groups excluding carboxylic acids is 2. The Morgan fingerprint density at radius 3 is 2.26 bits per heavy atom. The first kappa shape index (κ1) is 17.3. The van der Waals surface area contributed by atoms with Crippen molar-refractivity contribution in [2.24, 2.45) is 0 Å². The third-order valence-corrected chi connectivity index (χ3v) is 3.75. The van der Waals surface area contributed by atoms with Gasteiger partial charge in [0.15, 0.2) is 0 Å². The smallest absolute Gasteiger partial charge is 0.233 e. The highest BCUT2D eigenvalue weighted by atomic mass is 35.5. The molecule has 0 bridgehead atoms. The fourth-order valence-corrected chi connectivity index (χ4v) is 2.53. The van der Waals surface area contributed by atoms with Crippen molar-refractivity contribution in [3.63, 3.8) is 0 Å². The van der Waals surface area contributed by atoms with Crippen molar-refractivity contribution in [2.45, 2.75) is 19.8 Å². The molecule has 0 heterocycles. The maximum Gasteiger partial charge on any atom is 0.233 e. The molecule has 0 atom stereocenters. The van der Waals surface area contributed by atoms with Gasteiger partial charge in [-0.2, -0.15) is 0 Å². The number of amides is 2. The number of anilines is 2. The first-order valence-corrected chi connectivity index (χ1v) is 7.88. The van der Waals surface area contributed by atoms with Gasteiger partial charge in [-0.25, -0.2) is 0 Å². The number of hydrogen-bond acceptors (Lipinski definition) is 2. The molecule has 120 valence electrons. The highest BCUT2D eigenvalue weighted by Crippen LogP contribution is 2.25. The third-order valence-electron chi connectivity index (χ3n) is 3.20. The molecule has 0 saturated carbocycles. The normalized spacial score (nSPS) is 10.2. The molecular weight excluding hydrogens is 335 g/mol. The topological polar surface area (TPSA) is 58.2 Å². The van der Waals surface area contributed by atoms with Crippen molar-refractivity contribution in [3.05, 3.63) is 58.1 Å². The Kier molecular flexibility index (Phi) is 6.02. The lowest BCUT2D eigenvalue weighted by Gasteiger charge is -2.10. The van der Waals surface area contributed by atoms with Crippen LogP contribution < -0.4 is 10.6 Å². The molecule has 2 aromatic rings. The minimum Gasteiger partial charge on any atom is -0.325 e. The van der Waals surface area contributed by atoms with Crippen LogP contribution >= 0.6 is 23.2 Å². The highest BCUT2D eigenvalue weighted by Gasteiger charge is 2.12. The molecule has 2 N–H and O–H groups in total. The van der Waals surface area contributed by atoms with Crippen LogP contribution in [0.5, 0.6) is 0 Å². The molecule has 0 aliphatic rings. The fourth-order valence-electron chi connectivity index (χ4n) is 2.08. The van der Waals surface area contributed by atoms with Gasteiger partial charge in [0, 0.05) is 10.7 Å². The van der Waals surface area contributed by atoms with Gasteiger partial charge >= 0.3 is 0 Å². The molecule has 0 saturated heterocycles. The molecule has 0 aliphatic carbocycles. The third kappa shape index (κ3) is 4.98. The standard InChI is InChI=1S/C17H16Cl2N2O2/c1-2-11-5-3-4-6-14(11)20-16(22)10-17(23)21-15-8-7-12(18)9-13(15)19/h3-9H,2,10H2,1H3,(H,20,22)(H,21,23). The fraction of sp³-hybridized carbons (Fsp3) is 0.176. The Balaban J connectivity index is 1.96. The van der Waals surface area contributed by atoms with Crippen LogP contribution in [0, 0.1) is 0 Å². The first-order chi connectivity index (χ1) is 11.0. The van der Waals surface area contributed by atoms with Crippen LogP contribution in [0.3, 0.4) is 0 Å². The van der Waals surface area contributed by atoms with Gasteiger partial charge in [-0.1, -0.05) is 48.3 Å². The van der Waals surface area contributed by atoms with Crippen molar-refractivity contribution < 1.29 is 9.59 Å². The van der Waals surface area contributed by atoms with Crippen LogP contribution in [-0.2, 0) is 16.0 Å². The summed E-state index contributed by atoms with van der Waals surface area (Å²) in [6.07, 6.45) is 0.500. The van der Waals surface area contributed by atoms with E-state index in [1.54, 1.807) is 12.1 Å². The van der Waals surface area contributed by atoms with Gasteiger partial charge in [0.2, 0.25) is 11.8 Å². The minimum absolute atomic E-state index is 0.295. The van der Waals surface area contributed by atoms with Crippen LogP contribution in [0.4, 0.5) is 11.4 Å². The van der Waals surface area contributed by atoms with Crippen molar-refractivity contribution >= 4 is 46.4 Å². The molecule has 0 fully saturated rings. The van der Waals surface area contributed by atoms with Crippen molar-refractivity contribution in [1.82, 2.24) is 0 Å². The van der Waals surface area contributed by atoms with E-state index < -0.39 is 5.91 Å². The summed E-state index contributed by atoms with van der Waals surface area (Å²) >= 11 is 11.8. The molecule has 2 rings (SSSR count). The number of rotatable bonds is 5. The molecule has 4 nitrogen and oxygen atoms in total. The zero-order valence-electron chi connectivity index (χ0n) is 12.5. The van der Waals surface area contributed by atoms with Gasteiger partial charge in [0.05, 0.1) is 10.7 Å². The lowest BCUT2D eigenvalue weighted by atomic mass is 10.1. The van der Waals surface area contributed by atoms with E-state index in [2.05, 4.69) is 10.6 Å². The SMILES string of the molecule is CCc1ccccc1NC(=O)CC(=O)Nc1ccc(Cl)cc1Cl. The first-order valence-electron chi connectivity index (χ1n) is 7.12. The molecule has 2 amide bonds. The van der Waals surface area contributed by atoms with E-state index in [9.17, 15) is 9.59 Å². The number of nitrogens with one attached hydrogen (secondary N) is 2. The Labute approximate surface area is 144 Å². The Hall–Kier alpha value is -2.04. The predicted molar refractivity (Wildman–Crippen MR) is 94.2 cm³/mol. The number of para-hydroxylation sites is 1. The molecule has 6 heteroatoms. The van der Waals surface area contributed by atoms with E-state index in [1.165, 1.54) is 6.07 Å². The Morgan fingerprint density at radius 2 is 1.61 bits per heavy atom. The Bertz CT molecular complexity index is 732. The second-order valence-electron chi connectivity index (χ2n) is 4.91. The zero-order valence-corrected chi connectivity index (χ0v) is 14.0. The van der Waals surface area contributed by atoms with E-state index in [4.69, 9.17) is 23.2 Å². The average molecular weight is 351 g/mol. The molecule has 0 unspecified atom stereocenters. The van der Waals surface area contributed by atoms with Crippen molar-refractivity contribution in [2.75, 3.05) is 10.6 Å². The van der Waals surface area contributed by atoms with Crippen molar-refractivity contribution in [1.29, 1.82) is 0 Å². The second-order valence-corrected chi connectivity index (χ2v) is 5.75. The van der Waals surface area contributed by atoms with E-state index in [0.29, 0.717) is 15.7 Å². The monoisotopic (exact) mass is 350 g/mol. The summed E-state index contributed by atoms with van der Waals surface area (Å²) in [5.41, 5.74) is 2.15.